The molecule has 0 spiro atoms. The van der Waals surface area contributed by atoms with E-state index >= 15 is 0 Å². The summed E-state index contributed by atoms with van der Waals surface area (Å²) in [7, 11) is 1.48. The van der Waals surface area contributed by atoms with Gasteiger partial charge in [-0.25, -0.2) is 13.8 Å². The summed E-state index contributed by atoms with van der Waals surface area (Å²) in [6, 6.07) is 8.67. The van der Waals surface area contributed by atoms with Gasteiger partial charge in [-0.15, -0.1) is 0 Å². The van der Waals surface area contributed by atoms with Gasteiger partial charge in [0, 0.05) is 6.07 Å². The molecule has 0 radical (unpaired) electrons. The minimum Gasteiger partial charge on any atom is -0.497 e. The number of nitrogens with two attached hydrogens (primary N) is 1. The topological polar surface area (TPSA) is 53.1 Å². The maximum atomic E-state index is 14.0. The molecule has 0 fully saturated rings. The number of hydrogen-bond acceptors (Lipinski definition) is 3. The lowest BCUT2D eigenvalue weighted by molar-refractivity contribution is 0.413. The third kappa shape index (κ3) is 1.77. The van der Waals surface area contributed by atoms with Crippen molar-refractivity contribution < 1.29 is 13.5 Å². The summed E-state index contributed by atoms with van der Waals surface area (Å²) in [6.07, 6.45) is 0. The fraction of sp³-hybridized carbons (Fsp3) is 0.0714. The summed E-state index contributed by atoms with van der Waals surface area (Å²) >= 11 is 0. The predicted molar refractivity (Wildman–Crippen MR) is 72.0 cm³/mol. The average Bonchev–Trinajstić information content (AvgIpc) is 2.77. The first-order valence-electron chi connectivity index (χ1n) is 5.88. The Morgan fingerprint density at radius 1 is 1.15 bits per heavy atom. The molecule has 6 heteroatoms. The van der Waals surface area contributed by atoms with Crippen molar-refractivity contribution in [2.75, 3.05) is 12.8 Å². The lowest BCUT2D eigenvalue weighted by Gasteiger charge is -2.09. The molecule has 0 atom stereocenters. The van der Waals surface area contributed by atoms with E-state index in [4.69, 9.17) is 10.5 Å². The fourth-order valence-corrected chi connectivity index (χ4v) is 2.13. The van der Waals surface area contributed by atoms with Crippen LogP contribution in [0.3, 0.4) is 0 Å². The number of halogens is 2. The molecule has 0 unspecified atom stereocenters. The van der Waals surface area contributed by atoms with Gasteiger partial charge in [-0.05, 0) is 24.3 Å². The molecule has 3 aromatic rings. The number of methoxy groups -OCH3 is 1. The highest BCUT2D eigenvalue weighted by molar-refractivity contribution is 5.81. The Morgan fingerprint density at radius 3 is 2.70 bits per heavy atom. The Balaban J connectivity index is 2.35. The summed E-state index contributed by atoms with van der Waals surface area (Å²) in [4.78, 5) is 3.94. The van der Waals surface area contributed by atoms with Crippen molar-refractivity contribution in [1.82, 2.24) is 9.55 Å². The first kappa shape index (κ1) is 12.4. The van der Waals surface area contributed by atoms with Gasteiger partial charge in [0.2, 0.25) is 5.95 Å². The first-order chi connectivity index (χ1) is 9.61. The molecular weight excluding hydrogens is 264 g/mol. The van der Waals surface area contributed by atoms with Crippen LogP contribution in [-0.4, -0.2) is 16.7 Å². The van der Waals surface area contributed by atoms with Crippen LogP contribution in [0.2, 0.25) is 0 Å². The quantitative estimate of drug-likeness (QED) is 0.782. The number of anilines is 1. The Hall–Kier alpha value is -2.63. The number of hydrogen-bond donors (Lipinski definition) is 1. The smallest absolute Gasteiger partial charge is 0.206 e. The Bertz CT molecular complexity index is 798. The Labute approximate surface area is 113 Å². The monoisotopic (exact) mass is 275 g/mol. The van der Waals surface area contributed by atoms with E-state index in [1.165, 1.54) is 42.0 Å². The molecule has 20 heavy (non-hydrogen) atoms. The van der Waals surface area contributed by atoms with Crippen LogP contribution in [-0.2, 0) is 0 Å². The molecule has 1 aromatic heterocycles. The predicted octanol–water partition coefficient (Wildman–Crippen LogP) is 2.89. The lowest BCUT2D eigenvalue weighted by Crippen LogP contribution is -2.03. The van der Waals surface area contributed by atoms with Crippen molar-refractivity contribution in [1.29, 1.82) is 0 Å². The summed E-state index contributed by atoms with van der Waals surface area (Å²) in [5, 5.41) is 0. The molecular formula is C14H11F2N3O. The van der Waals surface area contributed by atoms with Crippen LogP contribution in [0.4, 0.5) is 14.7 Å². The number of imidazole rings is 1. The maximum absolute atomic E-state index is 14.0. The second-order valence-corrected chi connectivity index (χ2v) is 4.23. The molecule has 102 valence electrons. The van der Waals surface area contributed by atoms with Crippen LogP contribution in [0, 0.1) is 11.6 Å². The highest BCUT2D eigenvalue weighted by Crippen LogP contribution is 2.28. The molecule has 1 heterocycles. The number of aromatic nitrogens is 2. The van der Waals surface area contributed by atoms with Gasteiger partial charge in [0.05, 0.1) is 18.3 Å². The highest BCUT2D eigenvalue weighted by atomic mass is 19.1. The Kier molecular flexibility index (Phi) is 2.78. The van der Waals surface area contributed by atoms with Crippen LogP contribution in [0.1, 0.15) is 0 Å². The largest absolute Gasteiger partial charge is 0.497 e. The highest BCUT2D eigenvalue weighted by Gasteiger charge is 2.16. The minimum atomic E-state index is -0.503. The number of nitrogen functional groups attached to an aromatic ring is 1. The van der Waals surface area contributed by atoms with Crippen molar-refractivity contribution in [2.24, 2.45) is 0 Å². The van der Waals surface area contributed by atoms with E-state index in [-0.39, 0.29) is 17.2 Å². The van der Waals surface area contributed by atoms with Gasteiger partial charge in [-0.1, -0.05) is 6.07 Å². The normalized spacial score (nSPS) is 10.9. The van der Waals surface area contributed by atoms with Crippen molar-refractivity contribution in [2.45, 2.75) is 0 Å². The standard InChI is InChI=1S/C14H11F2N3O/c1-20-8-5-6-9(15)12(7-8)19-11-4-2-3-10(16)13(11)18-14(19)17/h2-7H,1H3,(H2,17,18). The molecule has 0 bridgehead atoms. The molecule has 0 aliphatic carbocycles. The molecule has 2 N–H and O–H groups in total. The second kappa shape index (κ2) is 4.48. The van der Waals surface area contributed by atoms with E-state index in [0.717, 1.165) is 0 Å². The molecule has 0 aliphatic heterocycles. The first-order valence-corrected chi connectivity index (χ1v) is 5.88. The van der Waals surface area contributed by atoms with Crippen LogP contribution < -0.4 is 10.5 Å². The summed E-state index contributed by atoms with van der Waals surface area (Å²) in [5.74, 6) is -0.520. The zero-order valence-corrected chi connectivity index (χ0v) is 10.6. The van der Waals surface area contributed by atoms with Crippen molar-refractivity contribution in [3.63, 3.8) is 0 Å². The number of para-hydroxylation sites is 1. The molecule has 0 saturated heterocycles. The van der Waals surface area contributed by atoms with Crippen LogP contribution >= 0.6 is 0 Å². The van der Waals surface area contributed by atoms with Crippen LogP contribution in [0.25, 0.3) is 16.7 Å². The number of benzene rings is 2. The minimum absolute atomic E-state index is 0.0113. The zero-order chi connectivity index (χ0) is 14.3. The molecule has 0 saturated carbocycles. The molecule has 2 aromatic carbocycles. The van der Waals surface area contributed by atoms with Crippen LogP contribution in [0.15, 0.2) is 36.4 Å². The van der Waals surface area contributed by atoms with Gasteiger partial charge in [0.1, 0.15) is 17.1 Å². The third-order valence-corrected chi connectivity index (χ3v) is 3.06. The van der Waals surface area contributed by atoms with E-state index in [0.29, 0.717) is 11.3 Å². The summed E-state index contributed by atoms with van der Waals surface area (Å²) in [6.45, 7) is 0. The number of rotatable bonds is 2. The van der Waals surface area contributed by atoms with Crippen molar-refractivity contribution in [3.8, 4) is 11.4 Å². The number of nitrogens with zero attached hydrogens (tertiary/aromatic N) is 2. The van der Waals surface area contributed by atoms with E-state index in [1.807, 2.05) is 0 Å². The van der Waals surface area contributed by atoms with E-state index in [1.54, 1.807) is 6.07 Å². The molecule has 3 rings (SSSR count). The molecule has 4 nitrogen and oxygen atoms in total. The lowest BCUT2D eigenvalue weighted by atomic mass is 10.2. The van der Waals surface area contributed by atoms with Gasteiger partial charge < -0.3 is 10.5 Å². The van der Waals surface area contributed by atoms with Crippen molar-refractivity contribution >= 4 is 17.0 Å². The van der Waals surface area contributed by atoms with Gasteiger partial charge in [-0.3, -0.25) is 4.57 Å². The summed E-state index contributed by atoms with van der Waals surface area (Å²) in [5.41, 5.74) is 6.46. The zero-order valence-electron chi connectivity index (χ0n) is 10.6. The maximum Gasteiger partial charge on any atom is 0.206 e. The number of fused-ring (bicyclic) bond motifs is 1. The van der Waals surface area contributed by atoms with Crippen LogP contribution in [0.5, 0.6) is 5.75 Å². The average molecular weight is 275 g/mol. The van der Waals surface area contributed by atoms with Crippen molar-refractivity contribution in [3.05, 3.63) is 48.0 Å². The van der Waals surface area contributed by atoms with E-state index in [9.17, 15) is 8.78 Å². The number of ether oxygens (including phenoxy) is 1. The second-order valence-electron chi connectivity index (χ2n) is 4.23. The van der Waals surface area contributed by atoms with Gasteiger partial charge in [-0.2, -0.15) is 0 Å². The van der Waals surface area contributed by atoms with Gasteiger partial charge in [0.25, 0.3) is 0 Å². The molecule has 0 amide bonds. The van der Waals surface area contributed by atoms with Gasteiger partial charge in [0.15, 0.2) is 5.82 Å². The van der Waals surface area contributed by atoms with Gasteiger partial charge >= 0.3 is 0 Å². The summed E-state index contributed by atoms with van der Waals surface area (Å²) < 4.78 is 34.1. The SMILES string of the molecule is COc1ccc(F)c(-n2c(N)nc3c(F)cccc32)c1. The fourth-order valence-electron chi connectivity index (χ4n) is 2.13. The third-order valence-electron chi connectivity index (χ3n) is 3.06. The van der Waals surface area contributed by atoms with E-state index in [2.05, 4.69) is 4.98 Å². The molecule has 0 aliphatic rings. The Morgan fingerprint density at radius 2 is 1.95 bits per heavy atom. The van der Waals surface area contributed by atoms with E-state index < -0.39 is 11.6 Å².